The third-order valence-electron chi connectivity index (χ3n) is 2.04. The lowest BCUT2D eigenvalue weighted by Gasteiger charge is -2.09. The van der Waals surface area contributed by atoms with Gasteiger partial charge in [-0.2, -0.15) is 5.10 Å². The van der Waals surface area contributed by atoms with Crippen LogP contribution in [0, 0.1) is 0 Å². The fourth-order valence-electron chi connectivity index (χ4n) is 1.19. The topological polar surface area (TPSA) is 96.5 Å². The van der Waals surface area contributed by atoms with Gasteiger partial charge in [0.15, 0.2) is 0 Å². The van der Waals surface area contributed by atoms with E-state index in [9.17, 15) is 4.79 Å². The molecule has 0 spiro atoms. The Morgan fingerprint density at radius 3 is 2.82 bits per heavy atom. The summed E-state index contributed by atoms with van der Waals surface area (Å²) in [5.74, 6) is 0.221. The van der Waals surface area contributed by atoms with E-state index >= 15 is 0 Å². The van der Waals surface area contributed by atoms with E-state index in [1.165, 1.54) is 18.7 Å². The lowest BCUT2D eigenvalue weighted by Crippen LogP contribution is -2.28. The SMILES string of the molecule is CC(NC(=O)c1cnc(Cl)cn1)c1ncn[nH]1. The molecule has 2 aromatic rings. The molecule has 88 valence electrons. The van der Waals surface area contributed by atoms with Crippen molar-refractivity contribution in [1.82, 2.24) is 30.5 Å². The summed E-state index contributed by atoms with van der Waals surface area (Å²) in [6.45, 7) is 1.78. The summed E-state index contributed by atoms with van der Waals surface area (Å²) in [6.07, 6.45) is 4.00. The Morgan fingerprint density at radius 1 is 1.41 bits per heavy atom. The van der Waals surface area contributed by atoms with Crippen LogP contribution in [0.4, 0.5) is 0 Å². The summed E-state index contributed by atoms with van der Waals surface area (Å²) < 4.78 is 0. The molecule has 17 heavy (non-hydrogen) atoms. The van der Waals surface area contributed by atoms with Gasteiger partial charge in [0.1, 0.15) is 23.0 Å². The molecule has 0 aliphatic carbocycles. The molecule has 0 saturated heterocycles. The van der Waals surface area contributed by atoms with E-state index in [-0.39, 0.29) is 22.8 Å². The number of amides is 1. The number of H-pyrrole nitrogens is 1. The van der Waals surface area contributed by atoms with Crippen molar-refractivity contribution in [3.05, 3.63) is 35.4 Å². The zero-order chi connectivity index (χ0) is 12.3. The molecule has 2 aromatic heterocycles. The lowest BCUT2D eigenvalue weighted by atomic mass is 10.3. The van der Waals surface area contributed by atoms with E-state index in [0.29, 0.717) is 5.82 Å². The second kappa shape index (κ2) is 4.88. The highest BCUT2D eigenvalue weighted by Gasteiger charge is 2.14. The van der Waals surface area contributed by atoms with Crippen molar-refractivity contribution in [2.75, 3.05) is 0 Å². The van der Waals surface area contributed by atoms with Crippen molar-refractivity contribution in [2.45, 2.75) is 13.0 Å². The van der Waals surface area contributed by atoms with Gasteiger partial charge in [0.25, 0.3) is 5.91 Å². The molecular formula is C9H9ClN6O. The second-order valence-corrected chi connectivity index (χ2v) is 3.68. The summed E-state index contributed by atoms with van der Waals surface area (Å²) >= 11 is 5.57. The number of carbonyl (C=O) groups excluding carboxylic acids is 1. The van der Waals surface area contributed by atoms with Crippen LogP contribution in [-0.2, 0) is 0 Å². The minimum atomic E-state index is -0.349. The highest BCUT2D eigenvalue weighted by atomic mass is 35.5. The Labute approximate surface area is 102 Å². The average Bonchev–Trinajstić information content (AvgIpc) is 2.83. The van der Waals surface area contributed by atoms with E-state index in [2.05, 4.69) is 30.5 Å². The number of aromatic nitrogens is 5. The van der Waals surface area contributed by atoms with Gasteiger partial charge in [-0.1, -0.05) is 11.6 Å². The Hall–Kier alpha value is -2.02. The van der Waals surface area contributed by atoms with Crippen LogP contribution in [0.2, 0.25) is 5.15 Å². The molecule has 0 saturated carbocycles. The number of nitrogens with zero attached hydrogens (tertiary/aromatic N) is 4. The molecule has 0 bridgehead atoms. The third-order valence-corrected chi connectivity index (χ3v) is 2.24. The molecule has 0 aromatic carbocycles. The molecular weight excluding hydrogens is 244 g/mol. The standard InChI is InChI=1S/C9H9ClN6O/c1-5(8-13-4-14-16-8)15-9(17)6-2-12-7(10)3-11-6/h2-5H,1H3,(H,15,17)(H,13,14,16). The first-order valence-corrected chi connectivity index (χ1v) is 5.18. The van der Waals surface area contributed by atoms with Gasteiger partial charge in [0.05, 0.1) is 18.4 Å². The monoisotopic (exact) mass is 252 g/mol. The van der Waals surface area contributed by atoms with Gasteiger partial charge in [-0.3, -0.25) is 9.89 Å². The van der Waals surface area contributed by atoms with E-state index in [4.69, 9.17) is 11.6 Å². The van der Waals surface area contributed by atoms with Gasteiger partial charge in [-0.05, 0) is 6.92 Å². The molecule has 8 heteroatoms. The van der Waals surface area contributed by atoms with Crippen LogP contribution in [0.5, 0.6) is 0 Å². The molecule has 7 nitrogen and oxygen atoms in total. The summed E-state index contributed by atoms with van der Waals surface area (Å²) in [5, 5.41) is 9.31. The molecule has 2 heterocycles. The zero-order valence-electron chi connectivity index (χ0n) is 8.88. The fourth-order valence-corrected chi connectivity index (χ4v) is 1.29. The van der Waals surface area contributed by atoms with Gasteiger partial charge in [-0.15, -0.1) is 0 Å². The molecule has 2 rings (SSSR count). The van der Waals surface area contributed by atoms with Crippen LogP contribution < -0.4 is 5.32 Å². The van der Waals surface area contributed by atoms with Gasteiger partial charge >= 0.3 is 0 Å². The number of aromatic amines is 1. The van der Waals surface area contributed by atoms with E-state index < -0.39 is 0 Å². The molecule has 0 radical (unpaired) electrons. The number of halogens is 1. The number of hydrogen-bond donors (Lipinski definition) is 2. The summed E-state index contributed by atoms with van der Waals surface area (Å²) in [6, 6.07) is -0.289. The Kier molecular flexibility index (Phi) is 3.29. The molecule has 0 fully saturated rings. The minimum Gasteiger partial charge on any atom is -0.341 e. The first kappa shape index (κ1) is 11.5. The van der Waals surface area contributed by atoms with Crippen LogP contribution in [0.15, 0.2) is 18.7 Å². The van der Waals surface area contributed by atoms with Crippen molar-refractivity contribution in [1.29, 1.82) is 0 Å². The Balaban J connectivity index is 2.04. The maximum absolute atomic E-state index is 11.7. The predicted octanol–water partition coefficient (Wildman–Crippen LogP) is 0.739. The van der Waals surface area contributed by atoms with Crippen LogP contribution in [0.25, 0.3) is 0 Å². The smallest absolute Gasteiger partial charge is 0.272 e. The predicted molar refractivity (Wildman–Crippen MR) is 59.3 cm³/mol. The highest BCUT2D eigenvalue weighted by Crippen LogP contribution is 2.06. The van der Waals surface area contributed by atoms with E-state index in [1.807, 2.05) is 0 Å². The third kappa shape index (κ3) is 2.76. The van der Waals surface area contributed by atoms with Gasteiger partial charge in [-0.25, -0.2) is 15.0 Å². The number of hydrogen-bond acceptors (Lipinski definition) is 5. The van der Waals surface area contributed by atoms with Crippen molar-refractivity contribution in [3.63, 3.8) is 0 Å². The molecule has 0 aliphatic rings. The van der Waals surface area contributed by atoms with Crippen LogP contribution in [-0.4, -0.2) is 31.1 Å². The highest BCUT2D eigenvalue weighted by molar-refractivity contribution is 6.29. The van der Waals surface area contributed by atoms with Crippen LogP contribution >= 0.6 is 11.6 Å². The second-order valence-electron chi connectivity index (χ2n) is 3.29. The molecule has 1 amide bonds. The molecule has 0 aliphatic heterocycles. The van der Waals surface area contributed by atoms with Gasteiger partial charge < -0.3 is 5.32 Å². The van der Waals surface area contributed by atoms with Crippen molar-refractivity contribution in [2.24, 2.45) is 0 Å². The Bertz CT molecular complexity index is 497. The largest absolute Gasteiger partial charge is 0.341 e. The average molecular weight is 253 g/mol. The number of nitrogens with one attached hydrogen (secondary N) is 2. The summed E-state index contributed by atoms with van der Waals surface area (Å²) in [4.78, 5) is 23.3. The van der Waals surface area contributed by atoms with Crippen LogP contribution in [0.3, 0.4) is 0 Å². The molecule has 1 atom stereocenters. The maximum atomic E-state index is 11.7. The van der Waals surface area contributed by atoms with Gasteiger partial charge in [0, 0.05) is 0 Å². The first-order valence-electron chi connectivity index (χ1n) is 4.80. The fraction of sp³-hybridized carbons (Fsp3) is 0.222. The minimum absolute atomic E-state index is 0.195. The quantitative estimate of drug-likeness (QED) is 0.840. The zero-order valence-corrected chi connectivity index (χ0v) is 9.64. The normalized spacial score (nSPS) is 12.1. The summed E-state index contributed by atoms with van der Waals surface area (Å²) in [5.41, 5.74) is 0.195. The van der Waals surface area contributed by atoms with E-state index in [0.717, 1.165) is 0 Å². The number of carbonyl (C=O) groups is 1. The molecule has 2 N–H and O–H groups in total. The van der Waals surface area contributed by atoms with Crippen molar-refractivity contribution < 1.29 is 4.79 Å². The van der Waals surface area contributed by atoms with Crippen LogP contribution in [0.1, 0.15) is 29.3 Å². The lowest BCUT2D eigenvalue weighted by molar-refractivity contribution is 0.0933. The number of rotatable bonds is 3. The molecule has 1 unspecified atom stereocenters. The maximum Gasteiger partial charge on any atom is 0.272 e. The van der Waals surface area contributed by atoms with Crippen molar-refractivity contribution in [3.8, 4) is 0 Å². The summed E-state index contributed by atoms with van der Waals surface area (Å²) in [7, 11) is 0. The Morgan fingerprint density at radius 2 is 2.24 bits per heavy atom. The van der Waals surface area contributed by atoms with E-state index in [1.54, 1.807) is 6.92 Å². The van der Waals surface area contributed by atoms with Crippen molar-refractivity contribution >= 4 is 17.5 Å². The van der Waals surface area contributed by atoms with Gasteiger partial charge in [0.2, 0.25) is 0 Å². The first-order chi connectivity index (χ1) is 8.16.